The zero-order valence-corrected chi connectivity index (χ0v) is 9.90. The highest BCUT2D eigenvalue weighted by Crippen LogP contribution is 2.35. The van der Waals surface area contributed by atoms with Gasteiger partial charge in [-0.05, 0) is 18.4 Å². The second-order valence-corrected chi connectivity index (χ2v) is 4.13. The molecule has 3 heteroatoms. The van der Waals surface area contributed by atoms with Crippen molar-refractivity contribution in [2.75, 3.05) is 0 Å². The van der Waals surface area contributed by atoms with Crippen molar-refractivity contribution < 1.29 is 9.47 Å². The van der Waals surface area contributed by atoms with Gasteiger partial charge in [-0.3, -0.25) is 0 Å². The van der Waals surface area contributed by atoms with E-state index in [-0.39, 0.29) is 12.6 Å². The van der Waals surface area contributed by atoms with Crippen LogP contribution in [0.5, 0.6) is 0 Å². The first kappa shape index (κ1) is 11.7. The summed E-state index contributed by atoms with van der Waals surface area (Å²) in [6, 6.07) is 5.89. The summed E-state index contributed by atoms with van der Waals surface area (Å²) >= 11 is 0. The third-order valence-electron chi connectivity index (χ3n) is 2.88. The molecule has 16 heavy (non-hydrogen) atoms. The van der Waals surface area contributed by atoms with Crippen LogP contribution in [0.4, 0.5) is 0 Å². The smallest absolute Gasteiger partial charge is 0.190 e. The van der Waals surface area contributed by atoms with Crippen LogP contribution in [0.25, 0.3) is 0 Å². The van der Waals surface area contributed by atoms with Gasteiger partial charge in [0.25, 0.3) is 0 Å². The fourth-order valence-electron chi connectivity index (χ4n) is 1.97. The lowest BCUT2D eigenvalue weighted by Crippen LogP contribution is -2.35. The van der Waals surface area contributed by atoms with Gasteiger partial charge in [0.2, 0.25) is 0 Å². The van der Waals surface area contributed by atoms with Crippen LogP contribution in [0.2, 0.25) is 0 Å². The molecule has 2 radical (unpaired) electrons. The third kappa shape index (κ3) is 2.31. The van der Waals surface area contributed by atoms with Gasteiger partial charge < -0.3 is 9.47 Å². The van der Waals surface area contributed by atoms with Gasteiger partial charge in [-0.15, -0.1) is 0 Å². The molecule has 1 fully saturated rings. The summed E-state index contributed by atoms with van der Waals surface area (Å²) in [5, 5.41) is 0. The summed E-state index contributed by atoms with van der Waals surface area (Å²) in [7, 11) is 5.76. The molecule has 1 aliphatic rings. The highest BCUT2D eigenvalue weighted by atomic mass is 16.9. The molecule has 2 nitrogen and oxygen atoms in total. The fraction of sp³-hybridized carbons (Fsp3) is 0.538. The van der Waals surface area contributed by atoms with E-state index in [9.17, 15) is 0 Å². The van der Waals surface area contributed by atoms with Crippen LogP contribution in [-0.2, 0) is 15.9 Å². The van der Waals surface area contributed by atoms with E-state index < -0.39 is 0 Å². The molecule has 0 N–H and O–H groups in total. The Kier molecular flexibility index (Phi) is 3.67. The summed E-state index contributed by atoms with van der Waals surface area (Å²) in [5.74, 6) is 0. The van der Waals surface area contributed by atoms with Gasteiger partial charge in [-0.2, -0.15) is 0 Å². The van der Waals surface area contributed by atoms with E-state index in [0.717, 1.165) is 30.3 Å². The average Bonchev–Trinajstić information content (AvgIpc) is 2.23. The van der Waals surface area contributed by atoms with Crippen molar-refractivity contribution >= 4 is 13.3 Å². The minimum Gasteiger partial charge on any atom is -0.319 e. The Hall–Kier alpha value is -0.795. The number of hydrogen-bond donors (Lipinski definition) is 0. The van der Waals surface area contributed by atoms with E-state index >= 15 is 0 Å². The summed E-state index contributed by atoms with van der Waals surface area (Å²) in [4.78, 5) is 0. The largest absolute Gasteiger partial charge is 0.319 e. The molecular weight excluding hydrogens is 199 g/mol. The second kappa shape index (κ2) is 5.02. The van der Waals surface area contributed by atoms with Gasteiger partial charge in [0.05, 0.1) is 0 Å². The first-order valence-corrected chi connectivity index (χ1v) is 5.93. The maximum absolute atomic E-state index is 5.76. The average molecular weight is 216 g/mol. The van der Waals surface area contributed by atoms with Crippen LogP contribution in [0.15, 0.2) is 18.2 Å². The number of rotatable bonds is 4. The van der Waals surface area contributed by atoms with Gasteiger partial charge in [-0.1, -0.05) is 43.9 Å². The van der Waals surface area contributed by atoms with Crippen LogP contribution in [-0.4, -0.2) is 14.1 Å². The fourth-order valence-corrected chi connectivity index (χ4v) is 1.97. The minimum absolute atomic E-state index is 0.0164. The van der Waals surface area contributed by atoms with E-state index in [0.29, 0.717) is 0 Å². The van der Waals surface area contributed by atoms with E-state index in [1.165, 1.54) is 5.56 Å². The molecule has 0 aromatic heterocycles. The molecule has 1 heterocycles. The Morgan fingerprint density at radius 1 is 1.25 bits per heavy atom. The zero-order chi connectivity index (χ0) is 11.5. The Bertz CT molecular complexity index is 359. The lowest BCUT2D eigenvalue weighted by Gasteiger charge is -2.37. The first-order valence-electron chi connectivity index (χ1n) is 5.93. The van der Waals surface area contributed by atoms with Crippen molar-refractivity contribution in [1.82, 2.24) is 0 Å². The molecule has 0 atom stereocenters. The lowest BCUT2D eigenvalue weighted by molar-refractivity contribution is -0.391. The molecule has 1 saturated heterocycles. The zero-order valence-electron chi connectivity index (χ0n) is 9.90. The third-order valence-corrected chi connectivity index (χ3v) is 2.88. The van der Waals surface area contributed by atoms with Crippen molar-refractivity contribution in [2.24, 2.45) is 0 Å². The molecule has 0 unspecified atom stereocenters. The molecule has 0 saturated carbocycles. The predicted molar refractivity (Wildman–Crippen MR) is 64.8 cm³/mol. The summed E-state index contributed by atoms with van der Waals surface area (Å²) in [6.07, 6.45) is 2.79. The SMILES string of the molecule is [B]c1ccc(C2OC(CCC)O2)c(CC)c1. The Balaban J connectivity index is 2.05. The van der Waals surface area contributed by atoms with E-state index in [1.54, 1.807) is 0 Å². The van der Waals surface area contributed by atoms with Crippen LogP contribution >= 0.6 is 0 Å². The van der Waals surface area contributed by atoms with Gasteiger partial charge in [0.15, 0.2) is 12.6 Å². The quantitative estimate of drug-likeness (QED) is 0.718. The predicted octanol–water partition coefficient (Wildman–Crippen LogP) is 2.21. The molecule has 0 amide bonds. The van der Waals surface area contributed by atoms with E-state index in [1.807, 2.05) is 18.2 Å². The first-order chi connectivity index (χ1) is 7.74. The van der Waals surface area contributed by atoms with Gasteiger partial charge in [0, 0.05) is 5.56 Å². The Labute approximate surface area is 98.4 Å². The van der Waals surface area contributed by atoms with Crippen LogP contribution in [0.3, 0.4) is 0 Å². The van der Waals surface area contributed by atoms with Crippen molar-refractivity contribution in [1.29, 1.82) is 0 Å². The van der Waals surface area contributed by atoms with Crippen molar-refractivity contribution in [2.45, 2.75) is 45.7 Å². The summed E-state index contributed by atoms with van der Waals surface area (Å²) in [5.41, 5.74) is 3.12. The topological polar surface area (TPSA) is 18.5 Å². The van der Waals surface area contributed by atoms with Gasteiger partial charge in [-0.25, -0.2) is 0 Å². The number of benzene rings is 1. The molecule has 0 aliphatic carbocycles. The molecule has 1 aromatic carbocycles. The maximum atomic E-state index is 5.76. The molecule has 1 aliphatic heterocycles. The molecule has 0 bridgehead atoms. The second-order valence-electron chi connectivity index (χ2n) is 4.13. The normalized spacial score (nSPS) is 24.1. The summed E-state index contributed by atoms with van der Waals surface area (Å²) in [6.45, 7) is 4.24. The molecule has 84 valence electrons. The maximum Gasteiger partial charge on any atom is 0.190 e. The molecule has 1 aromatic rings. The molecular formula is C13H17BO2. The standard InChI is InChI=1S/C13H17BO2/c1-3-5-12-15-13(16-12)11-7-6-10(14)8-9(11)4-2/h6-8,12-13H,3-5H2,1-2H3. The minimum atomic E-state index is -0.188. The highest BCUT2D eigenvalue weighted by Gasteiger charge is 2.32. The number of aryl methyl sites for hydroxylation is 1. The summed E-state index contributed by atoms with van der Waals surface area (Å²) < 4.78 is 11.4. The number of ether oxygens (including phenoxy) is 2. The van der Waals surface area contributed by atoms with Crippen molar-refractivity contribution in [3.05, 3.63) is 29.3 Å². The van der Waals surface area contributed by atoms with E-state index in [2.05, 4.69) is 13.8 Å². The van der Waals surface area contributed by atoms with Crippen molar-refractivity contribution in [3.63, 3.8) is 0 Å². The molecule has 0 spiro atoms. The van der Waals surface area contributed by atoms with Crippen molar-refractivity contribution in [3.8, 4) is 0 Å². The highest BCUT2D eigenvalue weighted by molar-refractivity contribution is 6.32. The Morgan fingerprint density at radius 2 is 2.00 bits per heavy atom. The lowest BCUT2D eigenvalue weighted by atomic mass is 9.91. The monoisotopic (exact) mass is 216 g/mol. The van der Waals surface area contributed by atoms with Gasteiger partial charge >= 0.3 is 0 Å². The van der Waals surface area contributed by atoms with Crippen LogP contribution in [0.1, 0.15) is 44.1 Å². The van der Waals surface area contributed by atoms with Gasteiger partial charge in [0.1, 0.15) is 7.85 Å². The Morgan fingerprint density at radius 3 is 2.62 bits per heavy atom. The van der Waals surface area contributed by atoms with Crippen LogP contribution < -0.4 is 5.46 Å². The van der Waals surface area contributed by atoms with Crippen LogP contribution in [0, 0.1) is 0 Å². The number of hydrogen-bond acceptors (Lipinski definition) is 2. The molecule has 2 rings (SSSR count). The van der Waals surface area contributed by atoms with E-state index in [4.69, 9.17) is 17.3 Å².